The molecule has 100 valence electrons. The zero-order valence-corrected chi connectivity index (χ0v) is 11.6. The summed E-state index contributed by atoms with van der Waals surface area (Å²) in [6.45, 7) is 0. The largest absolute Gasteiger partial charge is 0.456 e. The monoisotopic (exact) mass is 284 g/mol. The minimum Gasteiger partial charge on any atom is -0.456 e. The van der Waals surface area contributed by atoms with E-state index in [1.165, 1.54) is 0 Å². The first-order chi connectivity index (χ1) is 9.78. The normalized spacial score (nSPS) is 13.3. The van der Waals surface area contributed by atoms with Crippen molar-refractivity contribution >= 4 is 23.5 Å². The van der Waals surface area contributed by atoms with E-state index in [0.717, 1.165) is 41.6 Å². The molecular weight excluding hydrogens is 272 g/mol. The second kappa shape index (κ2) is 5.51. The highest BCUT2D eigenvalue weighted by Crippen LogP contribution is 2.33. The van der Waals surface area contributed by atoms with Crippen LogP contribution in [0.3, 0.4) is 0 Å². The lowest BCUT2D eigenvalue weighted by molar-refractivity contribution is -0.103. The van der Waals surface area contributed by atoms with Gasteiger partial charge in [-0.2, -0.15) is 0 Å². The van der Waals surface area contributed by atoms with Crippen molar-refractivity contribution in [2.75, 3.05) is 0 Å². The maximum atomic E-state index is 11.0. The van der Waals surface area contributed by atoms with Crippen LogP contribution in [0, 0.1) is 0 Å². The van der Waals surface area contributed by atoms with Crippen LogP contribution < -0.4 is 4.74 Å². The molecule has 0 atom stereocenters. The predicted octanol–water partition coefficient (Wildman–Crippen LogP) is 4.66. The van der Waals surface area contributed by atoms with Crippen molar-refractivity contribution in [3.63, 3.8) is 0 Å². The van der Waals surface area contributed by atoms with E-state index in [4.69, 9.17) is 16.3 Å². The lowest BCUT2D eigenvalue weighted by Crippen LogP contribution is -2.01. The van der Waals surface area contributed by atoms with Crippen LogP contribution in [0.2, 0.25) is 5.02 Å². The van der Waals surface area contributed by atoms with E-state index >= 15 is 0 Å². The zero-order chi connectivity index (χ0) is 13.9. The van der Waals surface area contributed by atoms with E-state index in [2.05, 4.69) is 0 Å². The van der Waals surface area contributed by atoms with Crippen molar-refractivity contribution < 1.29 is 9.53 Å². The molecule has 2 aromatic rings. The Balaban J connectivity index is 1.92. The van der Waals surface area contributed by atoms with Crippen molar-refractivity contribution in [1.82, 2.24) is 0 Å². The van der Waals surface area contributed by atoms with Crippen molar-refractivity contribution in [2.24, 2.45) is 0 Å². The summed E-state index contributed by atoms with van der Waals surface area (Å²) in [5.74, 6) is 1.38. The van der Waals surface area contributed by atoms with Gasteiger partial charge in [0.25, 0.3) is 0 Å². The van der Waals surface area contributed by atoms with Gasteiger partial charge in [0.2, 0.25) is 0 Å². The number of rotatable bonds is 3. The molecule has 0 spiro atoms. The number of hydrogen-bond acceptors (Lipinski definition) is 2. The van der Waals surface area contributed by atoms with Crippen LogP contribution in [0.1, 0.15) is 17.5 Å². The highest BCUT2D eigenvalue weighted by molar-refractivity contribution is 6.32. The summed E-state index contributed by atoms with van der Waals surface area (Å²) in [6, 6.07) is 13.2. The molecule has 2 aromatic carbocycles. The van der Waals surface area contributed by atoms with Gasteiger partial charge in [-0.15, -0.1) is 0 Å². The number of aryl methyl sites for hydroxylation is 1. The minimum absolute atomic E-state index is 0.582. The molecule has 20 heavy (non-hydrogen) atoms. The van der Waals surface area contributed by atoms with Gasteiger partial charge in [-0.05, 0) is 48.2 Å². The quantitative estimate of drug-likeness (QED) is 0.766. The van der Waals surface area contributed by atoms with Crippen LogP contribution in [-0.4, -0.2) is 6.29 Å². The summed E-state index contributed by atoms with van der Waals surface area (Å²) < 4.78 is 5.80. The summed E-state index contributed by atoms with van der Waals surface area (Å²) in [5, 5.41) is 0.582. The molecule has 3 rings (SSSR count). The highest BCUT2D eigenvalue weighted by Gasteiger charge is 2.13. The third-order valence-electron chi connectivity index (χ3n) is 3.36. The van der Waals surface area contributed by atoms with Crippen molar-refractivity contribution in [2.45, 2.75) is 12.8 Å². The molecule has 0 fully saturated rings. The third kappa shape index (κ3) is 2.47. The fraction of sp³-hybridized carbons (Fsp3) is 0.118. The van der Waals surface area contributed by atoms with Crippen molar-refractivity contribution in [1.29, 1.82) is 0 Å². The number of aldehydes is 1. The second-order valence-corrected chi connectivity index (χ2v) is 5.07. The minimum atomic E-state index is 0.582. The first-order valence-corrected chi connectivity index (χ1v) is 6.87. The van der Waals surface area contributed by atoms with Gasteiger partial charge in [0.05, 0.1) is 5.02 Å². The maximum absolute atomic E-state index is 11.0. The van der Waals surface area contributed by atoms with Gasteiger partial charge >= 0.3 is 0 Å². The Morgan fingerprint density at radius 1 is 1.15 bits per heavy atom. The van der Waals surface area contributed by atoms with E-state index in [9.17, 15) is 4.79 Å². The van der Waals surface area contributed by atoms with Crippen LogP contribution >= 0.6 is 11.6 Å². The van der Waals surface area contributed by atoms with E-state index in [0.29, 0.717) is 10.8 Å². The number of ether oxygens (including phenoxy) is 1. The molecule has 0 radical (unpaired) electrons. The molecule has 0 N–H and O–H groups in total. The first kappa shape index (κ1) is 12.9. The fourth-order valence-electron chi connectivity index (χ4n) is 2.38. The Morgan fingerprint density at radius 2 is 2.00 bits per heavy atom. The number of para-hydroxylation sites is 1. The molecule has 0 bridgehead atoms. The van der Waals surface area contributed by atoms with E-state index in [-0.39, 0.29) is 0 Å². The molecule has 0 amide bonds. The molecular formula is C17H13ClO2. The van der Waals surface area contributed by atoms with E-state index in [1.807, 2.05) is 42.5 Å². The molecule has 1 aliphatic carbocycles. The number of fused-ring (bicyclic) bond motifs is 1. The summed E-state index contributed by atoms with van der Waals surface area (Å²) >= 11 is 6.08. The Bertz CT molecular complexity index is 689. The van der Waals surface area contributed by atoms with E-state index < -0.39 is 0 Å². The lowest BCUT2D eigenvalue weighted by Gasteiger charge is -2.16. The van der Waals surface area contributed by atoms with Crippen LogP contribution in [0.4, 0.5) is 0 Å². The maximum Gasteiger partial charge on any atom is 0.150 e. The van der Waals surface area contributed by atoms with Crippen LogP contribution in [0.25, 0.3) is 5.57 Å². The van der Waals surface area contributed by atoms with Crippen LogP contribution in [-0.2, 0) is 11.2 Å². The van der Waals surface area contributed by atoms with Gasteiger partial charge in [-0.25, -0.2) is 0 Å². The number of allylic oxidation sites excluding steroid dienone is 2. The van der Waals surface area contributed by atoms with Gasteiger partial charge in [0.1, 0.15) is 17.8 Å². The Morgan fingerprint density at radius 3 is 2.80 bits per heavy atom. The standard InChI is InChI=1S/C17H13ClO2/c18-16-6-1-2-7-17(16)20-14-8-9-15-12(10-14)4-3-5-13(15)11-19/h1-2,5-11H,3-4H2. The number of carbonyl (C=O) groups excluding carboxylic acids is 1. The van der Waals surface area contributed by atoms with Gasteiger partial charge in [-0.3, -0.25) is 4.79 Å². The molecule has 0 saturated heterocycles. The molecule has 1 aliphatic rings. The van der Waals surface area contributed by atoms with E-state index in [1.54, 1.807) is 6.07 Å². The summed E-state index contributed by atoms with van der Waals surface area (Å²) in [7, 11) is 0. The van der Waals surface area contributed by atoms with Crippen LogP contribution in [0.15, 0.2) is 48.5 Å². The molecule has 2 nitrogen and oxygen atoms in total. The Kier molecular flexibility index (Phi) is 3.57. The average molecular weight is 285 g/mol. The van der Waals surface area contributed by atoms with Gasteiger partial charge in [0.15, 0.2) is 0 Å². The lowest BCUT2D eigenvalue weighted by atomic mass is 9.91. The number of carbonyl (C=O) groups is 1. The highest BCUT2D eigenvalue weighted by atomic mass is 35.5. The SMILES string of the molecule is O=CC1=CCCc2cc(Oc3ccccc3Cl)ccc21. The van der Waals surface area contributed by atoms with Crippen molar-refractivity contribution in [3.8, 4) is 11.5 Å². The topological polar surface area (TPSA) is 26.3 Å². The van der Waals surface area contributed by atoms with Crippen molar-refractivity contribution in [3.05, 3.63) is 64.7 Å². The molecule has 0 aromatic heterocycles. The molecule has 0 unspecified atom stereocenters. The smallest absolute Gasteiger partial charge is 0.150 e. The molecule has 0 heterocycles. The zero-order valence-electron chi connectivity index (χ0n) is 10.8. The van der Waals surface area contributed by atoms with Crippen LogP contribution in [0.5, 0.6) is 11.5 Å². The summed E-state index contributed by atoms with van der Waals surface area (Å²) in [6.07, 6.45) is 4.69. The predicted molar refractivity (Wildman–Crippen MR) is 80.3 cm³/mol. The molecule has 0 aliphatic heterocycles. The average Bonchev–Trinajstić information content (AvgIpc) is 2.49. The molecule has 3 heteroatoms. The summed E-state index contributed by atoms with van der Waals surface area (Å²) in [4.78, 5) is 11.0. The van der Waals surface area contributed by atoms with Gasteiger partial charge < -0.3 is 4.74 Å². The Labute approximate surface area is 122 Å². The number of benzene rings is 2. The van der Waals surface area contributed by atoms with Gasteiger partial charge in [-0.1, -0.05) is 35.9 Å². The Hall–Kier alpha value is -2.06. The second-order valence-electron chi connectivity index (χ2n) is 4.67. The number of hydrogen-bond donors (Lipinski definition) is 0. The van der Waals surface area contributed by atoms with Gasteiger partial charge in [0, 0.05) is 5.57 Å². The molecule has 0 saturated carbocycles. The third-order valence-corrected chi connectivity index (χ3v) is 3.67. The summed E-state index contributed by atoms with van der Waals surface area (Å²) in [5.41, 5.74) is 2.90. The fourth-order valence-corrected chi connectivity index (χ4v) is 2.56. The number of halogens is 1. The first-order valence-electron chi connectivity index (χ1n) is 6.49.